The minimum absolute atomic E-state index is 0.144. The lowest BCUT2D eigenvalue weighted by molar-refractivity contribution is 0.0980. The average molecular weight is 566 g/mol. The molecule has 200 valence electrons. The van der Waals surface area contributed by atoms with Gasteiger partial charge in [-0.15, -0.1) is 0 Å². The topological polar surface area (TPSA) is 107 Å². The SMILES string of the molecule is CSNC(=O)c1nc(Cl)ccc1NC(C)c1cc(C)cc2c(=O)n(C)c(-c3cc(F)c4nn(C)cc4c3)nc12. The molecule has 39 heavy (non-hydrogen) atoms. The number of hydrogen-bond acceptors (Lipinski definition) is 7. The fraction of sp³-hybridized carbons (Fsp3) is 0.222. The molecular formula is C27H25ClFN7O2S. The molecule has 0 aliphatic carbocycles. The molecule has 1 amide bonds. The van der Waals surface area contributed by atoms with Gasteiger partial charge in [-0.05, 0) is 49.7 Å². The summed E-state index contributed by atoms with van der Waals surface area (Å²) in [7, 11) is 3.34. The summed E-state index contributed by atoms with van der Waals surface area (Å²) in [6, 6.07) is 9.72. The third kappa shape index (κ3) is 4.95. The molecule has 3 aromatic heterocycles. The molecule has 3 heterocycles. The van der Waals surface area contributed by atoms with Crippen LogP contribution in [0.3, 0.4) is 0 Å². The zero-order chi connectivity index (χ0) is 28.0. The minimum Gasteiger partial charge on any atom is -0.377 e. The summed E-state index contributed by atoms with van der Waals surface area (Å²) in [5.74, 6) is -0.568. The van der Waals surface area contributed by atoms with Crippen LogP contribution in [-0.2, 0) is 14.1 Å². The molecule has 5 aromatic rings. The van der Waals surface area contributed by atoms with Crippen molar-refractivity contribution < 1.29 is 9.18 Å². The van der Waals surface area contributed by atoms with Crippen LogP contribution in [0, 0.1) is 12.7 Å². The molecule has 5 rings (SSSR count). The molecule has 0 saturated heterocycles. The fourth-order valence-corrected chi connectivity index (χ4v) is 5.09. The van der Waals surface area contributed by atoms with Crippen molar-refractivity contribution in [2.24, 2.45) is 14.1 Å². The monoisotopic (exact) mass is 565 g/mol. The summed E-state index contributed by atoms with van der Waals surface area (Å²) >= 11 is 7.22. The van der Waals surface area contributed by atoms with Crippen molar-refractivity contribution in [1.29, 1.82) is 0 Å². The Morgan fingerprint density at radius 3 is 2.64 bits per heavy atom. The van der Waals surface area contributed by atoms with Crippen LogP contribution in [-0.4, -0.2) is 36.5 Å². The van der Waals surface area contributed by atoms with Gasteiger partial charge in [0, 0.05) is 43.1 Å². The highest BCUT2D eigenvalue weighted by atomic mass is 35.5. The minimum atomic E-state index is -0.497. The van der Waals surface area contributed by atoms with Crippen LogP contribution < -0.4 is 15.6 Å². The first-order valence-electron chi connectivity index (χ1n) is 12.0. The van der Waals surface area contributed by atoms with E-state index in [0.717, 1.165) is 23.1 Å². The van der Waals surface area contributed by atoms with Crippen LogP contribution in [0.15, 0.2) is 47.4 Å². The van der Waals surface area contributed by atoms with Gasteiger partial charge in [-0.1, -0.05) is 29.6 Å². The van der Waals surface area contributed by atoms with Gasteiger partial charge in [0.25, 0.3) is 11.5 Å². The molecule has 9 nitrogen and oxygen atoms in total. The van der Waals surface area contributed by atoms with Crippen molar-refractivity contribution in [2.75, 3.05) is 11.6 Å². The summed E-state index contributed by atoms with van der Waals surface area (Å²) in [6.07, 6.45) is 3.45. The number of anilines is 1. The first-order chi connectivity index (χ1) is 18.6. The zero-order valence-corrected chi connectivity index (χ0v) is 23.4. The third-order valence-corrected chi connectivity index (χ3v) is 7.00. The van der Waals surface area contributed by atoms with Crippen molar-refractivity contribution >= 4 is 56.9 Å². The van der Waals surface area contributed by atoms with Gasteiger partial charge in [-0.2, -0.15) is 5.10 Å². The van der Waals surface area contributed by atoms with E-state index in [0.29, 0.717) is 33.4 Å². The molecule has 0 radical (unpaired) electrons. The first-order valence-corrected chi connectivity index (χ1v) is 13.6. The van der Waals surface area contributed by atoms with E-state index in [9.17, 15) is 14.0 Å². The van der Waals surface area contributed by atoms with Gasteiger partial charge < -0.3 is 5.32 Å². The number of pyridine rings is 1. The van der Waals surface area contributed by atoms with E-state index in [1.165, 1.54) is 15.3 Å². The molecule has 0 bridgehead atoms. The highest BCUT2D eigenvalue weighted by molar-refractivity contribution is 7.97. The fourth-order valence-electron chi connectivity index (χ4n) is 4.66. The smallest absolute Gasteiger partial charge is 0.281 e. The van der Waals surface area contributed by atoms with Gasteiger partial charge >= 0.3 is 0 Å². The Bertz CT molecular complexity index is 1840. The Kier molecular flexibility index (Phi) is 7.04. The average Bonchev–Trinajstić information content (AvgIpc) is 3.28. The van der Waals surface area contributed by atoms with Gasteiger partial charge in [-0.3, -0.25) is 23.6 Å². The van der Waals surface area contributed by atoms with E-state index in [2.05, 4.69) is 20.1 Å². The number of aromatic nitrogens is 5. The number of carbonyl (C=O) groups is 1. The maximum atomic E-state index is 14.9. The predicted molar refractivity (Wildman–Crippen MR) is 154 cm³/mol. The number of carbonyl (C=O) groups excluding carboxylic acids is 1. The quantitative estimate of drug-likeness (QED) is 0.216. The number of fused-ring (bicyclic) bond motifs is 2. The summed E-state index contributed by atoms with van der Waals surface area (Å²) in [5.41, 5.74) is 3.15. The van der Waals surface area contributed by atoms with Crippen molar-refractivity contribution in [3.05, 3.63) is 80.7 Å². The molecule has 2 N–H and O–H groups in total. The molecule has 2 aromatic carbocycles. The van der Waals surface area contributed by atoms with Gasteiger partial charge in [0.2, 0.25) is 0 Å². The van der Waals surface area contributed by atoms with Crippen LogP contribution in [0.5, 0.6) is 0 Å². The standard InChI is InChI=1S/C27H25ClFN7O2S/c1-13-8-17(14(2)30-20-6-7-21(28)31-24(20)26(37)34-39-5)23-18(9-13)27(38)36(4)25(32-23)15-10-16-12-35(3)33-22(16)19(29)11-15/h6-12,14,30H,1-5H3,(H,34,37). The highest BCUT2D eigenvalue weighted by Gasteiger charge is 2.21. The van der Waals surface area contributed by atoms with Crippen LogP contribution >= 0.6 is 23.5 Å². The molecule has 0 fully saturated rings. The number of aryl methyl sites for hydroxylation is 2. The van der Waals surface area contributed by atoms with E-state index < -0.39 is 11.7 Å². The van der Waals surface area contributed by atoms with E-state index in [-0.39, 0.29) is 28.0 Å². The molecule has 0 saturated carbocycles. The Balaban J connectivity index is 1.66. The number of nitrogens with one attached hydrogen (secondary N) is 2. The number of benzene rings is 2. The first kappa shape index (κ1) is 26.6. The van der Waals surface area contributed by atoms with E-state index >= 15 is 0 Å². The maximum absolute atomic E-state index is 14.9. The number of nitrogens with zero attached hydrogens (tertiary/aromatic N) is 5. The number of halogens is 2. The number of rotatable bonds is 6. The summed E-state index contributed by atoms with van der Waals surface area (Å²) in [4.78, 5) is 35.2. The van der Waals surface area contributed by atoms with Gasteiger partial charge in [0.1, 0.15) is 16.5 Å². The maximum Gasteiger partial charge on any atom is 0.281 e. The summed E-state index contributed by atoms with van der Waals surface area (Å²) < 4.78 is 20.6. The van der Waals surface area contributed by atoms with Crippen molar-refractivity contribution in [1.82, 2.24) is 29.0 Å². The molecule has 12 heteroatoms. The second kappa shape index (κ2) is 10.3. The van der Waals surface area contributed by atoms with E-state index in [4.69, 9.17) is 16.6 Å². The van der Waals surface area contributed by atoms with Gasteiger partial charge in [-0.25, -0.2) is 14.4 Å². The summed E-state index contributed by atoms with van der Waals surface area (Å²) in [5, 5.41) is 8.72. The Morgan fingerprint density at radius 2 is 1.90 bits per heavy atom. The molecule has 0 spiro atoms. The zero-order valence-electron chi connectivity index (χ0n) is 21.8. The number of amides is 1. The third-order valence-electron chi connectivity index (χ3n) is 6.40. The van der Waals surface area contributed by atoms with Crippen molar-refractivity contribution in [3.8, 4) is 11.4 Å². The second-order valence-electron chi connectivity index (χ2n) is 9.28. The lowest BCUT2D eigenvalue weighted by atomic mass is 10.0. The van der Waals surface area contributed by atoms with Crippen LogP contribution in [0.2, 0.25) is 5.15 Å². The second-order valence-corrected chi connectivity index (χ2v) is 10.3. The largest absolute Gasteiger partial charge is 0.377 e. The molecule has 1 atom stereocenters. The highest BCUT2D eigenvalue weighted by Crippen LogP contribution is 2.31. The Hall–Kier alpha value is -3.96. The van der Waals surface area contributed by atoms with Crippen LogP contribution in [0.1, 0.15) is 34.6 Å². The number of hydrogen-bond donors (Lipinski definition) is 2. The van der Waals surface area contributed by atoms with Crippen molar-refractivity contribution in [2.45, 2.75) is 19.9 Å². The van der Waals surface area contributed by atoms with Gasteiger partial charge in [0.15, 0.2) is 11.5 Å². The normalized spacial score (nSPS) is 12.2. The van der Waals surface area contributed by atoms with Crippen LogP contribution in [0.25, 0.3) is 33.2 Å². The van der Waals surface area contributed by atoms with E-state index in [1.54, 1.807) is 50.8 Å². The lowest BCUT2D eigenvalue weighted by Crippen LogP contribution is -2.22. The van der Waals surface area contributed by atoms with Crippen LogP contribution in [0.4, 0.5) is 10.1 Å². The predicted octanol–water partition coefficient (Wildman–Crippen LogP) is 5.16. The molecule has 0 aliphatic rings. The molecule has 0 aliphatic heterocycles. The lowest BCUT2D eigenvalue weighted by Gasteiger charge is -2.20. The van der Waals surface area contributed by atoms with E-state index in [1.807, 2.05) is 19.9 Å². The molecular weight excluding hydrogens is 541 g/mol. The Morgan fingerprint density at radius 1 is 1.13 bits per heavy atom. The molecule has 1 unspecified atom stereocenters. The Labute approximate surface area is 232 Å². The van der Waals surface area contributed by atoms with Crippen molar-refractivity contribution in [3.63, 3.8) is 0 Å². The summed E-state index contributed by atoms with van der Waals surface area (Å²) in [6.45, 7) is 3.80. The van der Waals surface area contributed by atoms with Gasteiger partial charge in [0.05, 0.1) is 22.6 Å².